The Morgan fingerprint density at radius 3 is 2.62 bits per heavy atom. The van der Waals surface area contributed by atoms with Crippen molar-refractivity contribution in [3.05, 3.63) is 54.0 Å². The predicted octanol–water partition coefficient (Wildman–Crippen LogP) is 2.98. The van der Waals surface area contributed by atoms with Crippen molar-refractivity contribution >= 4 is 27.3 Å². The minimum atomic E-state index is -3.45. The number of nitrogens with zero attached hydrogens (tertiary/aromatic N) is 2. The van der Waals surface area contributed by atoms with Crippen LogP contribution in [0.25, 0.3) is 0 Å². The first-order valence-electron chi connectivity index (χ1n) is 8.27. The van der Waals surface area contributed by atoms with Crippen LogP contribution in [0.1, 0.15) is 37.6 Å². The molecule has 3 rings (SSSR count). The third kappa shape index (κ3) is 3.80. The first kappa shape index (κ1) is 18.2. The highest BCUT2D eigenvalue weighted by Crippen LogP contribution is 2.37. The maximum atomic E-state index is 12.7. The second kappa shape index (κ2) is 6.95. The van der Waals surface area contributed by atoms with Crippen molar-refractivity contribution < 1.29 is 17.6 Å². The van der Waals surface area contributed by atoms with Crippen molar-refractivity contribution in [2.45, 2.75) is 26.3 Å². The Morgan fingerprint density at radius 2 is 2.00 bits per heavy atom. The maximum Gasteiger partial charge on any atom is 0.245 e. The number of para-hydroxylation sites is 1. The van der Waals surface area contributed by atoms with Gasteiger partial charge in [0, 0.05) is 17.9 Å². The lowest BCUT2D eigenvalue weighted by Gasteiger charge is -2.25. The van der Waals surface area contributed by atoms with Crippen LogP contribution in [0.3, 0.4) is 0 Å². The van der Waals surface area contributed by atoms with Gasteiger partial charge in [-0.1, -0.05) is 32.0 Å². The maximum absolute atomic E-state index is 12.7. The molecular formula is C18H21N3O4S. The summed E-state index contributed by atoms with van der Waals surface area (Å²) in [6.07, 6.45) is 3.09. The molecule has 0 aliphatic carbocycles. The van der Waals surface area contributed by atoms with E-state index in [4.69, 9.17) is 4.42 Å². The number of benzene rings is 1. The van der Waals surface area contributed by atoms with Gasteiger partial charge < -0.3 is 4.42 Å². The lowest BCUT2D eigenvalue weighted by Crippen LogP contribution is -2.31. The average Bonchev–Trinajstić information content (AvgIpc) is 3.22. The fourth-order valence-corrected chi connectivity index (χ4v) is 3.48. The third-order valence-corrected chi connectivity index (χ3v) is 4.64. The molecule has 1 aromatic carbocycles. The van der Waals surface area contributed by atoms with Crippen molar-refractivity contribution in [1.29, 1.82) is 0 Å². The summed E-state index contributed by atoms with van der Waals surface area (Å²) in [5.41, 5.74) is 1.79. The molecule has 0 saturated heterocycles. The molecule has 0 radical (unpaired) electrons. The zero-order valence-corrected chi connectivity index (χ0v) is 15.7. The number of carbonyl (C=O) groups is 1. The van der Waals surface area contributed by atoms with E-state index in [1.807, 2.05) is 6.07 Å². The van der Waals surface area contributed by atoms with Gasteiger partial charge in [0.2, 0.25) is 15.9 Å². The number of furan rings is 1. The van der Waals surface area contributed by atoms with Crippen molar-refractivity contribution in [3.63, 3.8) is 0 Å². The van der Waals surface area contributed by atoms with E-state index in [1.165, 1.54) is 5.01 Å². The van der Waals surface area contributed by atoms with E-state index in [1.54, 1.807) is 50.4 Å². The number of anilines is 1. The lowest BCUT2D eigenvalue weighted by molar-refractivity contribution is -0.136. The number of amides is 1. The quantitative estimate of drug-likeness (QED) is 0.869. The molecule has 1 aromatic heterocycles. The van der Waals surface area contributed by atoms with Crippen molar-refractivity contribution in [3.8, 4) is 0 Å². The first-order valence-corrected chi connectivity index (χ1v) is 10.2. The fourth-order valence-electron chi connectivity index (χ4n) is 2.89. The van der Waals surface area contributed by atoms with Gasteiger partial charge in [-0.2, -0.15) is 5.10 Å². The molecule has 1 aliphatic rings. The number of carbonyl (C=O) groups excluding carboxylic acids is 1. The van der Waals surface area contributed by atoms with Crippen LogP contribution in [-0.2, 0) is 14.8 Å². The highest BCUT2D eigenvalue weighted by atomic mass is 32.2. The highest BCUT2D eigenvalue weighted by Gasteiger charge is 2.36. The Balaban J connectivity index is 2.02. The van der Waals surface area contributed by atoms with Crippen LogP contribution in [0.2, 0.25) is 0 Å². The van der Waals surface area contributed by atoms with Crippen LogP contribution >= 0.6 is 0 Å². The number of hydrogen-bond acceptors (Lipinski definition) is 5. The largest absolute Gasteiger partial charge is 0.463 e. The van der Waals surface area contributed by atoms with E-state index in [0.717, 1.165) is 6.26 Å². The number of nitrogens with one attached hydrogen (secondary N) is 1. The summed E-state index contributed by atoms with van der Waals surface area (Å²) < 4.78 is 31.4. The average molecular weight is 375 g/mol. The van der Waals surface area contributed by atoms with E-state index in [0.29, 0.717) is 29.1 Å². The van der Waals surface area contributed by atoms with E-state index in [2.05, 4.69) is 9.82 Å². The number of rotatable bonds is 5. The van der Waals surface area contributed by atoms with Gasteiger partial charge in [0.05, 0.1) is 24.2 Å². The van der Waals surface area contributed by atoms with Crippen molar-refractivity contribution in [2.24, 2.45) is 11.0 Å². The molecule has 1 amide bonds. The van der Waals surface area contributed by atoms with Gasteiger partial charge in [0.15, 0.2) is 0 Å². The second-order valence-corrected chi connectivity index (χ2v) is 8.29. The van der Waals surface area contributed by atoms with E-state index in [9.17, 15) is 13.2 Å². The minimum Gasteiger partial charge on any atom is -0.463 e. The van der Waals surface area contributed by atoms with Gasteiger partial charge in [-0.3, -0.25) is 9.52 Å². The highest BCUT2D eigenvalue weighted by molar-refractivity contribution is 7.92. The zero-order chi connectivity index (χ0) is 18.9. The molecule has 2 heterocycles. The van der Waals surface area contributed by atoms with Gasteiger partial charge >= 0.3 is 0 Å². The van der Waals surface area contributed by atoms with E-state index < -0.39 is 16.1 Å². The van der Waals surface area contributed by atoms with Gasteiger partial charge in [-0.25, -0.2) is 13.4 Å². The molecule has 1 atom stereocenters. The van der Waals surface area contributed by atoms with Crippen LogP contribution in [0.5, 0.6) is 0 Å². The normalized spacial score (nSPS) is 17.5. The summed E-state index contributed by atoms with van der Waals surface area (Å²) >= 11 is 0. The molecule has 0 saturated carbocycles. The minimum absolute atomic E-state index is 0.134. The van der Waals surface area contributed by atoms with Crippen molar-refractivity contribution in [2.75, 3.05) is 11.0 Å². The van der Waals surface area contributed by atoms with Crippen LogP contribution in [0, 0.1) is 5.92 Å². The molecule has 0 bridgehead atoms. The number of sulfonamides is 1. The van der Waals surface area contributed by atoms with Crippen molar-refractivity contribution in [1.82, 2.24) is 5.01 Å². The second-order valence-electron chi connectivity index (χ2n) is 6.54. The van der Waals surface area contributed by atoms with Gasteiger partial charge in [0.25, 0.3) is 0 Å². The van der Waals surface area contributed by atoms with E-state index in [-0.39, 0.29) is 11.8 Å². The molecule has 8 heteroatoms. The molecule has 1 aliphatic heterocycles. The van der Waals surface area contributed by atoms with Gasteiger partial charge in [-0.05, 0) is 18.2 Å². The molecule has 7 nitrogen and oxygen atoms in total. The number of hydrazone groups is 1. The fraction of sp³-hybridized carbons (Fsp3) is 0.333. The Kier molecular flexibility index (Phi) is 4.86. The Labute approximate surface area is 152 Å². The summed E-state index contributed by atoms with van der Waals surface area (Å²) in [5.74, 6) is 0.223. The summed E-state index contributed by atoms with van der Waals surface area (Å²) in [4.78, 5) is 12.7. The SMILES string of the molecule is CC(C)C(=O)N1N=C(c2ccco2)CC1c1ccccc1NS(C)(=O)=O. The topological polar surface area (TPSA) is 92.0 Å². The molecule has 26 heavy (non-hydrogen) atoms. The lowest BCUT2D eigenvalue weighted by atomic mass is 9.98. The molecule has 1 unspecified atom stereocenters. The summed E-state index contributed by atoms with van der Waals surface area (Å²) in [6, 6.07) is 10.2. The summed E-state index contributed by atoms with van der Waals surface area (Å²) in [5, 5.41) is 5.91. The smallest absolute Gasteiger partial charge is 0.245 e. The molecule has 138 valence electrons. The molecule has 0 fully saturated rings. The Morgan fingerprint density at radius 1 is 1.27 bits per heavy atom. The molecule has 2 aromatic rings. The van der Waals surface area contributed by atoms with Crippen LogP contribution in [0.15, 0.2) is 52.2 Å². The molecular weight excluding hydrogens is 354 g/mol. The van der Waals surface area contributed by atoms with Crippen LogP contribution in [0.4, 0.5) is 5.69 Å². The summed E-state index contributed by atoms with van der Waals surface area (Å²) in [6.45, 7) is 3.61. The van der Waals surface area contributed by atoms with Crippen LogP contribution in [-0.4, -0.2) is 31.3 Å². The monoisotopic (exact) mass is 375 g/mol. The Bertz CT molecular complexity index is 933. The summed E-state index contributed by atoms with van der Waals surface area (Å²) in [7, 11) is -3.45. The third-order valence-electron chi connectivity index (χ3n) is 4.05. The zero-order valence-electron chi connectivity index (χ0n) is 14.8. The molecule has 0 spiro atoms. The standard InChI is InChI=1S/C18H21N3O4S/c1-12(2)18(22)21-16(11-15(19-21)17-9-6-10-25-17)13-7-4-5-8-14(13)20-26(3,23)24/h4-10,12,16,20H,11H2,1-3H3. The van der Waals surface area contributed by atoms with Crippen LogP contribution < -0.4 is 4.72 Å². The van der Waals surface area contributed by atoms with Gasteiger partial charge in [-0.15, -0.1) is 0 Å². The first-order chi connectivity index (χ1) is 12.3. The number of hydrogen-bond donors (Lipinski definition) is 1. The molecule has 1 N–H and O–H groups in total. The predicted molar refractivity (Wildman–Crippen MR) is 99.2 cm³/mol. The Hall–Kier alpha value is -2.61. The van der Waals surface area contributed by atoms with E-state index >= 15 is 0 Å². The van der Waals surface area contributed by atoms with Gasteiger partial charge in [0.1, 0.15) is 11.5 Å².